The average Bonchev–Trinajstić information content (AvgIpc) is 3.36. The third-order valence-corrected chi connectivity index (χ3v) is 7.37. The molecule has 12 heteroatoms. The molecule has 0 spiro atoms. The van der Waals surface area contributed by atoms with Crippen LogP contribution in [0.3, 0.4) is 0 Å². The first-order valence-corrected chi connectivity index (χ1v) is 11.7. The number of aromatic nitrogens is 3. The van der Waals surface area contributed by atoms with E-state index in [1.165, 1.54) is 11.2 Å². The molecule has 3 aromatic rings. The lowest BCUT2D eigenvalue weighted by Gasteiger charge is -2.34. The summed E-state index contributed by atoms with van der Waals surface area (Å²) in [5, 5.41) is 6.96. The second kappa shape index (κ2) is 9.24. The fourth-order valence-electron chi connectivity index (χ4n) is 3.56. The normalized spacial score (nSPS) is 15.9. The summed E-state index contributed by atoms with van der Waals surface area (Å²) in [4.78, 5) is 17.4. The summed E-state index contributed by atoms with van der Waals surface area (Å²) < 4.78 is 55.5. The van der Waals surface area contributed by atoms with Crippen LogP contribution in [0.5, 0.6) is 0 Å². The lowest BCUT2D eigenvalue weighted by Crippen LogP contribution is -2.53. The number of rotatable bonds is 5. The molecule has 0 unspecified atom stereocenters. The number of nitrogens with one attached hydrogen (secondary N) is 1. The van der Waals surface area contributed by atoms with Gasteiger partial charge < -0.3 is 10.2 Å². The van der Waals surface area contributed by atoms with Crippen molar-refractivity contribution in [2.24, 2.45) is 0 Å². The molecule has 0 radical (unpaired) electrons. The van der Waals surface area contributed by atoms with E-state index in [-0.39, 0.29) is 38.3 Å². The van der Waals surface area contributed by atoms with Crippen LogP contribution in [0.2, 0.25) is 0 Å². The van der Waals surface area contributed by atoms with Gasteiger partial charge in [-0.2, -0.15) is 9.40 Å². The van der Waals surface area contributed by atoms with Crippen LogP contribution < -0.4 is 5.32 Å². The molecule has 4 rings (SSSR count). The maximum absolute atomic E-state index is 14.0. The van der Waals surface area contributed by atoms with Crippen LogP contribution in [0.25, 0.3) is 5.69 Å². The summed E-state index contributed by atoms with van der Waals surface area (Å²) >= 11 is 0. The topological polar surface area (TPSA) is 100 Å². The molecular formula is C21H22F2N6O3S. The first-order valence-electron chi connectivity index (χ1n) is 10.2. The van der Waals surface area contributed by atoms with Gasteiger partial charge in [0.05, 0.1) is 11.7 Å². The summed E-state index contributed by atoms with van der Waals surface area (Å²) in [5.41, 5.74) is 1.72. The number of urea groups is 1. The van der Waals surface area contributed by atoms with Crippen LogP contribution in [0.15, 0.2) is 60.0 Å². The molecule has 1 aliphatic heterocycles. The fourth-order valence-corrected chi connectivity index (χ4v) is 5.06. The van der Waals surface area contributed by atoms with Gasteiger partial charge in [-0.05, 0) is 42.8 Å². The maximum Gasteiger partial charge on any atom is 0.317 e. The van der Waals surface area contributed by atoms with E-state index in [0.29, 0.717) is 6.07 Å². The summed E-state index contributed by atoms with van der Waals surface area (Å²) in [6.07, 6.45) is 3.03. The molecule has 0 aliphatic carbocycles. The summed E-state index contributed by atoms with van der Waals surface area (Å²) in [6.45, 7) is 2.05. The molecule has 1 fully saturated rings. The van der Waals surface area contributed by atoms with E-state index in [9.17, 15) is 22.0 Å². The highest BCUT2D eigenvalue weighted by Crippen LogP contribution is 2.22. The number of halogens is 2. The molecule has 0 saturated carbocycles. The van der Waals surface area contributed by atoms with Crippen molar-refractivity contribution in [3.05, 3.63) is 72.3 Å². The van der Waals surface area contributed by atoms with Crippen molar-refractivity contribution < 1.29 is 22.0 Å². The zero-order chi connectivity index (χ0) is 23.6. The van der Waals surface area contributed by atoms with Crippen molar-refractivity contribution in [2.45, 2.75) is 17.9 Å². The Labute approximate surface area is 189 Å². The monoisotopic (exact) mass is 476 g/mol. The van der Waals surface area contributed by atoms with Gasteiger partial charge in [-0.3, -0.25) is 0 Å². The summed E-state index contributed by atoms with van der Waals surface area (Å²) in [5.74, 6) is -1.85. The molecule has 0 bridgehead atoms. The van der Waals surface area contributed by atoms with Crippen molar-refractivity contribution in [2.75, 3.05) is 26.2 Å². The zero-order valence-electron chi connectivity index (χ0n) is 17.7. The van der Waals surface area contributed by atoms with E-state index in [2.05, 4.69) is 15.4 Å². The molecule has 1 aromatic heterocycles. The van der Waals surface area contributed by atoms with Gasteiger partial charge in [0.25, 0.3) is 0 Å². The van der Waals surface area contributed by atoms with E-state index < -0.39 is 26.6 Å². The van der Waals surface area contributed by atoms with Crippen LogP contribution in [-0.4, -0.2) is 64.6 Å². The number of carbonyl (C=O) groups excluding carboxylic acids is 1. The first-order chi connectivity index (χ1) is 15.8. The van der Waals surface area contributed by atoms with Gasteiger partial charge in [-0.25, -0.2) is 31.7 Å². The minimum atomic E-state index is -4.20. The van der Waals surface area contributed by atoms with Gasteiger partial charge in [0.2, 0.25) is 10.0 Å². The standard InChI is InChI=1S/C21H22F2N6O3S/c1-15(16-2-5-18(6-3-16)29-14-24-13-25-29)26-21(30)27-8-10-28(11-9-27)33(31,32)20-12-17(22)4-7-19(20)23/h2-7,12-15H,8-11H2,1H3,(H,26,30)/t15-/m1/s1. The SMILES string of the molecule is C[C@@H](NC(=O)N1CCN(S(=O)(=O)c2cc(F)ccc2F)CC1)c1ccc(-n2cncn2)cc1. The van der Waals surface area contributed by atoms with Gasteiger partial charge >= 0.3 is 6.03 Å². The van der Waals surface area contributed by atoms with Crippen molar-refractivity contribution in [3.8, 4) is 5.69 Å². The average molecular weight is 477 g/mol. The second-order valence-corrected chi connectivity index (χ2v) is 9.47. The Morgan fingerprint density at radius 3 is 2.39 bits per heavy atom. The smallest absolute Gasteiger partial charge is 0.317 e. The molecule has 1 saturated heterocycles. The molecule has 174 valence electrons. The zero-order valence-corrected chi connectivity index (χ0v) is 18.5. The lowest BCUT2D eigenvalue weighted by atomic mass is 10.1. The Morgan fingerprint density at radius 2 is 1.76 bits per heavy atom. The second-order valence-electron chi connectivity index (χ2n) is 7.57. The Balaban J connectivity index is 1.35. The van der Waals surface area contributed by atoms with E-state index in [4.69, 9.17) is 0 Å². The van der Waals surface area contributed by atoms with Crippen molar-refractivity contribution >= 4 is 16.1 Å². The minimum absolute atomic E-state index is 0.0211. The molecule has 2 heterocycles. The molecule has 1 aliphatic rings. The quantitative estimate of drug-likeness (QED) is 0.609. The van der Waals surface area contributed by atoms with Crippen LogP contribution >= 0.6 is 0 Å². The highest BCUT2D eigenvalue weighted by Gasteiger charge is 2.32. The number of nitrogens with zero attached hydrogens (tertiary/aromatic N) is 5. The van der Waals surface area contributed by atoms with Crippen LogP contribution in [0.4, 0.5) is 13.6 Å². The fraction of sp³-hybridized carbons (Fsp3) is 0.286. The Morgan fingerprint density at radius 1 is 1.06 bits per heavy atom. The van der Waals surface area contributed by atoms with Crippen LogP contribution in [-0.2, 0) is 10.0 Å². The number of sulfonamides is 1. The number of carbonyl (C=O) groups is 1. The lowest BCUT2D eigenvalue weighted by molar-refractivity contribution is 0.169. The van der Waals surface area contributed by atoms with Crippen molar-refractivity contribution in [1.29, 1.82) is 0 Å². The minimum Gasteiger partial charge on any atom is -0.331 e. The van der Waals surface area contributed by atoms with E-state index >= 15 is 0 Å². The summed E-state index contributed by atoms with van der Waals surface area (Å²) in [6, 6.07) is 9.16. The van der Waals surface area contributed by atoms with Crippen LogP contribution in [0, 0.1) is 11.6 Å². The van der Waals surface area contributed by atoms with Crippen LogP contribution in [0.1, 0.15) is 18.5 Å². The van der Waals surface area contributed by atoms with E-state index in [1.54, 1.807) is 11.0 Å². The van der Waals surface area contributed by atoms with E-state index in [1.807, 2.05) is 31.2 Å². The maximum atomic E-state index is 14.0. The molecule has 9 nitrogen and oxygen atoms in total. The van der Waals surface area contributed by atoms with Gasteiger partial charge in [0.1, 0.15) is 29.2 Å². The number of benzene rings is 2. The van der Waals surface area contributed by atoms with Gasteiger partial charge in [0, 0.05) is 26.2 Å². The highest BCUT2D eigenvalue weighted by molar-refractivity contribution is 7.89. The predicted molar refractivity (Wildman–Crippen MR) is 115 cm³/mol. The van der Waals surface area contributed by atoms with Gasteiger partial charge in [-0.15, -0.1) is 0 Å². The predicted octanol–water partition coefficient (Wildman–Crippen LogP) is 2.32. The van der Waals surface area contributed by atoms with Gasteiger partial charge in [-0.1, -0.05) is 12.1 Å². The highest BCUT2D eigenvalue weighted by atomic mass is 32.2. The van der Waals surface area contributed by atoms with Crippen molar-refractivity contribution in [1.82, 2.24) is 29.3 Å². The molecular weight excluding hydrogens is 454 g/mol. The van der Waals surface area contributed by atoms with Crippen molar-refractivity contribution in [3.63, 3.8) is 0 Å². The Hall–Kier alpha value is -3.38. The third kappa shape index (κ3) is 4.86. The number of amides is 2. The number of piperazine rings is 1. The molecule has 2 amide bonds. The number of hydrogen-bond donors (Lipinski definition) is 1. The number of hydrogen-bond acceptors (Lipinski definition) is 5. The Kier molecular flexibility index (Phi) is 6.38. The molecule has 33 heavy (non-hydrogen) atoms. The van der Waals surface area contributed by atoms with Gasteiger partial charge in [0.15, 0.2) is 0 Å². The largest absolute Gasteiger partial charge is 0.331 e. The summed E-state index contributed by atoms with van der Waals surface area (Å²) in [7, 11) is -4.20. The molecule has 1 atom stereocenters. The molecule has 2 aromatic carbocycles. The first kappa shape index (κ1) is 22.8. The Bertz CT molecular complexity index is 1230. The molecule has 1 N–H and O–H groups in total. The third-order valence-electron chi connectivity index (χ3n) is 5.45. The van der Waals surface area contributed by atoms with E-state index in [0.717, 1.165) is 27.7 Å².